The highest BCUT2D eigenvalue weighted by atomic mass is 19.4. The van der Waals surface area contributed by atoms with Gasteiger partial charge in [-0.3, -0.25) is 9.78 Å². The Labute approximate surface area is 218 Å². The maximum absolute atomic E-state index is 13.0. The number of amides is 1. The van der Waals surface area contributed by atoms with Crippen molar-refractivity contribution in [3.05, 3.63) is 71.2 Å². The number of anilines is 2. The monoisotopic (exact) mass is 524 g/mol. The van der Waals surface area contributed by atoms with Gasteiger partial charge in [0.15, 0.2) is 0 Å². The summed E-state index contributed by atoms with van der Waals surface area (Å²) >= 11 is 0. The van der Waals surface area contributed by atoms with Crippen molar-refractivity contribution in [3.63, 3.8) is 0 Å². The molecule has 0 aliphatic carbocycles. The van der Waals surface area contributed by atoms with E-state index in [1.54, 1.807) is 32.0 Å². The van der Waals surface area contributed by atoms with Crippen LogP contribution in [0.15, 0.2) is 48.7 Å². The van der Waals surface area contributed by atoms with E-state index in [9.17, 15) is 23.1 Å². The number of hydrogen-bond acceptors (Lipinski definition) is 6. The molecule has 0 spiro atoms. The number of aromatic nitrogens is 2. The predicted molar refractivity (Wildman–Crippen MR) is 138 cm³/mol. The highest BCUT2D eigenvalue weighted by Gasteiger charge is 2.33. The molecule has 198 valence electrons. The van der Waals surface area contributed by atoms with Gasteiger partial charge in [-0.1, -0.05) is 12.0 Å². The molecule has 1 fully saturated rings. The molecule has 38 heavy (non-hydrogen) atoms. The molecule has 0 atom stereocenters. The Morgan fingerprint density at radius 3 is 2.53 bits per heavy atom. The largest absolute Gasteiger partial charge is 0.433 e. The predicted octanol–water partition coefficient (Wildman–Crippen LogP) is 4.68. The summed E-state index contributed by atoms with van der Waals surface area (Å²) in [4.78, 5) is 22.8. The topological polar surface area (TPSA) is 87.6 Å². The molecule has 10 heteroatoms. The molecule has 0 radical (unpaired) electrons. The minimum Gasteiger partial charge on any atom is -0.378 e. The number of nitrogens with zero attached hydrogens (tertiary/aromatic N) is 3. The van der Waals surface area contributed by atoms with E-state index in [0.29, 0.717) is 43.5 Å². The zero-order valence-corrected chi connectivity index (χ0v) is 21.2. The zero-order valence-electron chi connectivity index (χ0n) is 21.2. The van der Waals surface area contributed by atoms with Crippen LogP contribution in [0.25, 0.3) is 11.1 Å². The van der Waals surface area contributed by atoms with Gasteiger partial charge in [-0.2, -0.15) is 13.2 Å². The molecule has 0 bridgehead atoms. The first kappa shape index (κ1) is 27.1. The van der Waals surface area contributed by atoms with Gasteiger partial charge < -0.3 is 20.1 Å². The second kappa shape index (κ2) is 10.8. The van der Waals surface area contributed by atoms with Crippen molar-refractivity contribution in [2.24, 2.45) is 0 Å². The van der Waals surface area contributed by atoms with Crippen molar-refractivity contribution in [2.45, 2.75) is 32.5 Å². The Balaban J connectivity index is 1.69. The Morgan fingerprint density at radius 2 is 1.84 bits per heavy atom. The van der Waals surface area contributed by atoms with Gasteiger partial charge in [-0.05, 0) is 79.8 Å². The molecular weight excluding hydrogens is 497 g/mol. The fraction of sp³-hybridized carbons (Fsp3) is 0.321. The Hall–Kier alpha value is -3.94. The van der Waals surface area contributed by atoms with Gasteiger partial charge >= 0.3 is 6.18 Å². The van der Waals surface area contributed by atoms with Gasteiger partial charge in [0.2, 0.25) is 0 Å². The van der Waals surface area contributed by atoms with Gasteiger partial charge in [-0.25, -0.2) is 4.98 Å². The van der Waals surface area contributed by atoms with Crippen LogP contribution >= 0.6 is 0 Å². The standard InChI is InChI=1S/C28H27F3N4O3/c1-18-4-5-21(34-26(36)19-7-9-32-24(15-19)28(29,30)31)17-23(18)20-14-22(6-8-27(2,3)37)33-25(16-20)35-10-12-38-13-11-35/h4-5,7,9,14-17,37H,10-13H2,1-3H3,(H,34,36). The third kappa shape index (κ3) is 6.88. The first-order valence-corrected chi connectivity index (χ1v) is 11.9. The molecule has 2 aromatic heterocycles. The van der Waals surface area contributed by atoms with E-state index in [1.165, 1.54) is 6.07 Å². The highest BCUT2D eigenvalue weighted by Crippen LogP contribution is 2.31. The van der Waals surface area contributed by atoms with Crippen LogP contribution in [0.2, 0.25) is 0 Å². The maximum Gasteiger partial charge on any atom is 0.433 e. The van der Waals surface area contributed by atoms with Crippen LogP contribution in [0.1, 0.15) is 41.2 Å². The molecule has 0 unspecified atom stereocenters. The van der Waals surface area contributed by atoms with E-state index < -0.39 is 23.4 Å². The molecule has 1 saturated heterocycles. The quantitative estimate of drug-likeness (QED) is 0.482. The van der Waals surface area contributed by atoms with Crippen molar-refractivity contribution in [1.29, 1.82) is 0 Å². The minimum atomic E-state index is -4.65. The number of benzene rings is 1. The van der Waals surface area contributed by atoms with Crippen molar-refractivity contribution >= 4 is 17.4 Å². The summed E-state index contributed by atoms with van der Waals surface area (Å²) in [7, 11) is 0. The molecule has 2 N–H and O–H groups in total. The zero-order chi connectivity index (χ0) is 27.5. The lowest BCUT2D eigenvalue weighted by molar-refractivity contribution is -0.141. The lowest BCUT2D eigenvalue weighted by atomic mass is 9.99. The molecule has 7 nitrogen and oxygen atoms in total. The van der Waals surface area contributed by atoms with Crippen LogP contribution in [0.5, 0.6) is 0 Å². The summed E-state index contributed by atoms with van der Waals surface area (Å²) in [5.41, 5.74) is 0.878. The van der Waals surface area contributed by atoms with Crippen LogP contribution in [0.4, 0.5) is 24.7 Å². The van der Waals surface area contributed by atoms with Gasteiger partial charge in [0, 0.05) is 30.5 Å². The normalized spacial score (nSPS) is 14.0. The van der Waals surface area contributed by atoms with Crippen LogP contribution in [0, 0.1) is 18.8 Å². The number of carbonyl (C=O) groups excluding carboxylic acids is 1. The average Bonchev–Trinajstić information content (AvgIpc) is 2.88. The van der Waals surface area contributed by atoms with Gasteiger partial charge in [0.1, 0.15) is 22.8 Å². The van der Waals surface area contributed by atoms with Crippen LogP contribution in [0.3, 0.4) is 0 Å². The Kier molecular flexibility index (Phi) is 7.71. The first-order valence-electron chi connectivity index (χ1n) is 11.9. The van der Waals surface area contributed by atoms with Crippen molar-refractivity contribution in [3.8, 4) is 23.0 Å². The molecule has 1 aliphatic rings. The van der Waals surface area contributed by atoms with Gasteiger partial charge in [0.05, 0.1) is 13.2 Å². The lowest BCUT2D eigenvalue weighted by Crippen LogP contribution is -2.36. The second-order valence-corrected chi connectivity index (χ2v) is 9.42. The number of alkyl halides is 3. The summed E-state index contributed by atoms with van der Waals surface area (Å²) < 4.78 is 44.5. The smallest absolute Gasteiger partial charge is 0.378 e. The highest BCUT2D eigenvalue weighted by molar-refractivity contribution is 6.04. The SMILES string of the molecule is Cc1ccc(NC(=O)c2ccnc(C(F)(F)F)c2)cc1-c1cc(C#CC(C)(C)O)nc(N2CCOCC2)c1. The van der Waals surface area contributed by atoms with E-state index in [4.69, 9.17) is 4.74 Å². The van der Waals surface area contributed by atoms with Crippen LogP contribution in [-0.2, 0) is 10.9 Å². The number of aliphatic hydroxyl groups is 1. The Bertz CT molecular complexity index is 1400. The van der Waals surface area contributed by atoms with Gasteiger partial charge in [0.25, 0.3) is 5.91 Å². The number of ether oxygens (including phenoxy) is 1. The molecule has 3 aromatic rings. The van der Waals surface area contributed by atoms with E-state index in [-0.39, 0.29) is 5.56 Å². The number of carbonyl (C=O) groups is 1. The number of morpholine rings is 1. The minimum absolute atomic E-state index is 0.155. The van der Waals surface area contributed by atoms with Crippen molar-refractivity contribution in [2.75, 3.05) is 36.5 Å². The van der Waals surface area contributed by atoms with Gasteiger partial charge in [-0.15, -0.1) is 0 Å². The summed E-state index contributed by atoms with van der Waals surface area (Å²) in [6.07, 6.45) is -3.70. The van der Waals surface area contributed by atoms with E-state index in [2.05, 4.69) is 32.0 Å². The number of aryl methyl sites for hydroxylation is 1. The van der Waals surface area contributed by atoms with Crippen LogP contribution < -0.4 is 10.2 Å². The third-order valence-corrected chi connectivity index (χ3v) is 5.76. The molecule has 3 heterocycles. The second-order valence-electron chi connectivity index (χ2n) is 9.42. The average molecular weight is 525 g/mol. The molecular formula is C28H27F3N4O3. The molecule has 0 saturated carbocycles. The number of hydrogen-bond donors (Lipinski definition) is 2. The van der Waals surface area contributed by atoms with Crippen molar-refractivity contribution in [1.82, 2.24) is 9.97 Å². The fourth-order valence-electron chi connectivity index (χ4n) is 3.85. The fourth-order valence-corrected chi connectivity index (χ4v) is 3.85. The third-order valence-electron chi connectivity index (χ3n) is 5.76. The maximum atomic E-state index is 13.0. The van der Waals surface area contributed by atoms with E-state index >= 15 is 0 Å². The molecule has 1 aliphatic heterocycles. The van der Waals surface area contributed by atoms with Crippen LogP contribution in [-0.4, -0.2) is 52.9 Å². The molecule has 4 rings (SSSR count). The number of pyridine rings is 2. The lowest BCUT2D eigenvalue weighted by Gasteiger charge is -2.28. The van der Waals surface area contributed by atoms with Crippen molar-refractivity contribution < 1.29 is 27.8 Å². The number of nitrogens with one attached hydrogen (secondary N) is 1. The number of halogens is 3. The summed E-state index contributed by atoms with van der Waals surface area (Å²) in [6, 6.07) is 10.9. The first-order chi connectivity index (χ1) is 17.9. The summed E-state index contributed by atoms with van der Waals surface area (Å²) in [5, 5.41) is 12.7. The van der Waals surface area contributed by atoms with E-state index in [0.717, 1.165) is 29.0 Å². The summed E-state index contributed by atoms with van der Waals surface area (Å²) in [6.45, 7) is 7.55. The Morgan fingerprint density at radius 1 is 1.11 bits per heavy atom. The number of rotatable bonds is 4. The van der Waals surface area contributed by atoms with E-state index in [1.807, 2.05) is 19.1 Å². The summed E-state index contributed by atoms with van der Waals surface area (Å²) in [5.74, 6) is 5.75. The molecule has 1 aromatic carbocycles. The molecule has 1 amide bonds.